The molecule has 1 N–H and O–H groups in total. The fourth-order valence-corrected chi connectivity index (χ4v) is 4.75. The van der Waals surface area contributed by atoms with Crippen LogP contribution in [0.1, 0.15) is 45.9 Å². The number of aryl methyl sites for hydroxylation is 1. The van der Waals surface area contributed by atoms with Crippen LogP contribution in [-0.2, 0) is 20.1 Å². The molecule has 1 aliphatic carbocycles. The van der Waals surface area contributed by atoms with Gasteiger partial charge in [-0.25, -0.2) is 9.37 Å². The van der Waals surface area contributed by atoms with Gasteiger partial charge in [-0.2, -0.15) is 0 Å². The van der Waals surface area contributed by atoms with Crippen molar-refractivity contribution in [2.45, 2.75) is 31.8 Å². The normalized spacial score (nSPS) is 15.1. The van der Waals surface area contributed by atoms with Gasteiger partial charge in [0.2, 0.25) is 0 Å². The average Bonchev–Trinajstić information content (AvgIpc) is 3.55. The summed E-state index contributed by atoms with van der Waals surface area (Å²) in [5.74, 6) is 1.19. The summed E-state index contributed by atoms with van der Waals surface area (Å²) in [6, 6.07) is 14.7. The zero-order valence-electron chi connectivity index (χ0n) is 19.6. The SMILES string of the molecule is CNCc1ccc2c(c1)C(=O)N(c1cc(-c3ccc(F)cc3-c3nncn3C)cc(C3CC3)n1)C2. The number of hydrogen-bond donors (Lipinski definition) is 1. The van der Waals surface area contributed by atoms with Crippen molar-refractivity contribution in [2.75, 3.05) is 11.9 Å². The van der Waals surface area contributed by atoms with Gasteiger partial charge in [-0.3, -0.25) is 9.69 Å². The molecule has 0 saturated heterocycles. The maximum Gasteiger partial charge on any atom is 0.260 e. The molecule has 1 saturated carbocycles. The van der Waals surface area contributed by atoms with Crippen LogP contribution >= 0.6 is 0 Å². The van der Waals surface area contributed by atoms with Gasteiger partial charge in [0.15, 0.2) is 5.82 Å². The number of halogens is 1. The number of aromatic nitrogens is 4. The van der Waals surface area contributed by atoms with Gasteiger partial charge in [-0.1, -0.05) is 18.2 Å². The summed E-state index contributed by atoms with van der Waals surface area (Å²) < 4.78 is 16.1. The molecule has 2 aromatic heterocycles. The minimum absolute atomic E-state index is 0.0445. The first-order valence-corrected chi connectivity index (χ1v) is 11.8. The van der Waals surface area contributed by atoms with E-state index in [0.717, 1.165) is 46.4 Å². The van der Waals surface area contributed by atoms with Gasteiger partial charge in [0.1, 0.15) is 18.0 Å². The number of amides is 1. The Bertz CT molecular complexity index is 1460. The minimum atomic E-state index is -0.342. The van der Waals surface area contributed by atoms with E-state index >= 15 is 0 Å². The van der Waals surface area contributed by atoms with Gasteiger partial charge in [-0.05, 0) is 72.5 Å². The average molecular weight is 469 g/mol. The first-order chi connectivity index (χ1) is 17.0. The highest BCUT2D eigenvalue weighted by molar-refractivity contribution is 6.10. The number of anilines is 1. The molecule has 0 spiro atoms. The fourth-order valence-electron chi connectivity index (χ4n) is 4.75. The van der Waals surface area contributed by atoms with E-state index in [9.17, 15) is 9.18 Å². The second kappa shape index (κ2) is 8.39. The van der Waals surface area contributed by atoms with Crippen LogP contribution in [0.3, 0.4) is 0 Å². The van der Waals surface area contributed by atoms with Gasteiger partial charge >= 0.3 is 0 Å². The Labute approximate surface area is 202 Å². The molecule has 6 rings (SSSR count). The first kappa shape index (κ1) is 21.6. The van der Waals surface area contributed by atoms with Crippen molar-refractivity contribution in [1.29, 1.82) is 0 Å². The van der Waals surface area contributed by atoms with Crippen molar-refractivity contribution in [3.63, 3.8) is 0 Å². The molecule has 1 amide bonds. The largest absolute Gasteiger partial charge is 0.317 e. The van der Waals surface area contributed by atoms with E-state index in [1.165, 1.54) is 12.1 Å². The number of benzene rings is 2. The van der Waals surface area contributed by atoms with Gasteiger partial charge < -0.3 is 9.88 Å². The molecule has 2 aliphatic rings. The molecule has 7 nitrogen and oxygen atoms in total. The monoisotopic (exact) mass is 468 g/mol. The van der Waals surface area contributed by atoms with Gasteiger partial charge in [0, 0.05) is 36.3 Å². The number of carbonyl (C=O) groups excluding carboxylic acids is 1. The quantitative estimate of drug-likeness (QED) is 0.453. The molecule has 3 heterocycles. The molecule has 35 heavy (non-hydrogen) atoms. The molecule has 0 atom stereocenters. The summed E-state index contributed by atoms with van der Waals surface area (Å²) in [7, 11) is 3.72. The van der Waals surface area contributed by atoms with Crippen molar-refractivity contribution in [3.05, 3.63) is 83.1 Å². The van der Waals surface area contributed by atoms with Crippen LogP contribution in [0.15, 0.2) is 54.9 Å². The Morgan fingerprint density at radius 1 is 1.06 bits per heavy atom. The Morgan fingerprint density at radius 3 is 2.66 bits per heavy atom. The summed E-state index contributed by atoms with van der Waals surface area (Å²) in [6.45, 7) is 1.18. The highest BCUT2D eigenvalue weighted by Crippen LogP contribution is 2.43. The zero-order chi connectivity index (χ0) is 24.1. The van der Waals surface area contributed by atoms with Gasteiger partial charge in [-0.15, -0.1) is 10.2 Å². The smallest absolute Gasteiger partial charge is 0.260 e. The van der Waals surface area contributed by atoms with Crippen LogP contribution in [-0.4, -0.2) is 32.7 Å². The summed E-state index contributed by atoms with van der Waals surface area (Å²) in [4.78, 5) is 20.1. The third-order valence-electron chi connectivity index (χ3n) is 6.71. The lowest BCUT2D eigenvalue weighted by Gasteiger charge is -2.18. The van der Waals surface area contributed by atoms with E-state index in [0.29, 0.717) is 36.2 Å². The molecule has 2 aromatic carbocycles. The number of pyridine rings is 1. The van der Waals surface area contributed by atoms with Crippen molar-refractivity contribution in [3.8, 4) is 22.5 Å². The summed E-state index contributed by atoms with van der Waals surface area (Å²) in [5.41, 5.74) is 6.11. The van der Waals surface area contributed by atoms with Crippen LogP contribution in [0.4, 0.5) is 10.2 Å². The number of hydrogen-bond acceptors (Lipinski definition) is 5. The molecular weight excluding hydrogens is 443 g/mol. The molecule has 0 radical (unpaired) electrons. The Hall–Kier alpha value is -3.91. The third kappa shape index (κ3) is 3.89. The van der Waals surface area contributed by atoms with Crippen LogP contribution in [0, 0.1) is 5.82 Å². The second-order valence-corrected chi connectivity index (χ2v) is 9.28. The highest BCUT2D eigenvalue weighted by Gasteiger charge is 2.32. The lowest BCUT2D eigenvalue weighted by molar-refractivity contribution is 0.0996. The second-order valence-electron chi connectivity index (χ2n) is 9.28. The molecular formula is C27H25FN6O. The minimum Gasteiger partial charge on any atom is -0.317 e. The summed E-state index contributed by atoms with van der Waals surface area (Å²) in [6.07, 6.45) is 3.76. The Morgan fingerprint density at radius 2 is 1.91 bits per heavy atom. The molecule has 4 aromatic rings. The molecule has 8 heteroatoms. The van der Waals surface area contributed by atoms with Crippen LogP contribution in [0.2, 0.25) is 0 Å². The lowest BCUT2D eigenvalue weighted by Crippen LogP contribution is -2.24. The fraction of sp³-hybridized carbons (Fsp3) is 0.259. The third-order valence-corrected chi connectivity index (χ3v) is 6.71. The molecule has 1 fully saturated rings. The van der Waals surface area contributed by atoms with E-state index < -0.39 is 0 Å². The van der Waals surface area contributed by atoms with E-state index in [2.05, 4.69) is 27.6 Å². The molecule has 0 unspecified atom stereocenters. The van der Waals surface area contributed by atoms with E-state index in [1.54, 1.807) is 21.9 Å². The summed E-state index contributed by atoms with van der Waals surface area (Å²) in [5, 5.41) is 11.3. The number of rotatable bonds is 6. The van der Waals surface area contributed by atoms with Crippen LogP contribution in [0.25, 0.3) is 22.5 Å². The van der Waals surface area contributed by atoms with Crippen LogP contribution in [0.5, 0.6) is 0 Å². The van der Waals surface area contributed by atoms with Crippen molar-refractivity contribution in [1.82, 2.24) is 25.1 Å². The first-order valence-electron chi connectivity index (χ1n) is 11.8. The zero-order valence-corrected chi connectivity index (χ0v) is 19.6. The number of carbonyl (C=O) groups is 1. The van der Waals surface area contributed by atoms with Gasteiger partial charge in [0.25, 0.3) is 5.91 Å². The topological polar surface area (TPSA) is 75.9 Å². The highest BCUT2D eigenvalue weighted by atomic mass is 19.1. The lowest BCUT2D eigenvalue weighted by atomic mass is 9.98. The molecule has 176 valence electrons. The number of nitrogens with zero attached hydrogens (tertiary/aromatic N) is 5. The van der Waals surface area contributed by atoms with E-state index in [-0.39, 0.29) is 11.7 Å². The Balaban J connectivity index is 1.45. The predicted molar refractivity (Wildman–Crippen MR) is 131 cm³/mol. The standard InChI is InChI=1S/C27H25FN6O/c1-29-13-16-3-4-18-14-34(27(35)22(18)9-16)25-11-19(10-24(31-25)17-5-6-17)21-8-7-20(28)12-23(21)26-32-30-15-33(26)2/h3-4,7-12,15,17,29H,5-6,13-14H2,1-2H3. The maximum absolute atomic E-state index is 14.3. The van der Waals surface area contributed by atoms with E-state index in [1.807, 2.05) is 32.3 Å². The van der Waals surface area contributed by atoms with Crippen molar-refractivity contribution in [2.24, 2.45) is 7.05 Å². The van der Waals surface area contributed by atoms with Crippen molar-refractivity contribution >= 4 is 11.7 Å². The molecule has 1 aliphatic heterocycles. The number of fused-ring (bicyclic) bond motifs is 1. The Kier molecular flexibility index (Phi) is 5.18. The number of nitrogens with one attached hydrogen (secondary N) is 1. The van der Waals surface area contributed by atoms with Gasteiger partial charge in [0.05, 0.1) is 6.54 Å². The molecule has 0 bridgehead atoms. The van der Waals surface area contributed by atoms with E-state index in [4.69, 9.17) is 4.98 Å². The van der Waals surface area contributed by atoms with Crippen LogP contribution < -0.4 is 10.2 Å². The predicted octanol–water partition coefficient (Wildman–Crippen LogP) is 4.44. The summed E-state index contributed by atoms with van der Waals surface area (Å²) >= 11 is 0. The van der Waals surface area contributed by atoms with Crippen molar-refractivity contribution < 1.29 is 9.18 Å². The maximum atomic E-state index is 14.3.